The van der Waals surface area contributed by atoms with Gasteiger partial charge in [-0.3, -0.25) is 4.79 Å². The first kappa shape index (κ1) is 21.3. The van der Waals surface area contributed by atoms with Crippen molar-refractivity contribution in [2.75, 3.05) is 25.5 Å². The molecule has 0 bridgehead atoms. The number of rotatable bonds is 6. The number of hydrogen-bond acceptors (Lipinski definition) is 4. The van der Waals surface area contributed by atoms with Crippen molar-refractivity contribution in [2.24, 2.45) is 0 Å². The van der Waals surface area contributed by atoms with Crippen LogP contribution >= 0.6 is 0 Å². The van der Waals surface area contributed by atoms with Crippen molar-refractivity contribution >= 4 is 21.6 Å². The molecule has 0 fully saturated rings. The normalized spacial score (nSPS) is 14.8. The molecule has 2 aromatic rings. The van der Waals surface area contributed by atoms with Crippen molar-refractivity contribution in [1.82, 2.24) is 4.31 Å². The summed E-state index contributed by atoms with van der Waals surface area (Å²) in [4.78, 5) is 15.1. The van der Waals surface area contributed by atoms with Gasteiger partial charge >= 0.3 is 0 Å². The maximum absolute atomic E-state index is 13.2. The molecule has 6 nitrogen and oxygen atoms in total. The molecule has 1 aliphatic rings. The Morgan fingerprint density at radius 3 is 2.52 bits per heavy atom. The van der Waals surface area contributed by atoms with Gasteiger partial charge in [0, 0.05) is 26.3 Å². The Kier molecular flexibility index (Phi) is 6.00. The summed E-state index contributed by atoms with van der Waals surface area (Å²) in [6, 6.07) is 10.9. The summed E-state index contributed by atoms with van der Waals surface area (Å²) in [5.74, 6) is 0.608. The number of carbonyl (C=O) groups is 1. The van der Waals surface area contributed by atoms with Crippen LogP contribution in [0.2, 0.25) is 0 Å². The van der Waals surface area contributed by atoms with E-state index < -0.39 is 16.1 Å². The van der Waals surface area contributed by atoms with Crippen molar-refractivity contribution in [3.63, 3.8) is 0 Å². The molecular formula is C22H28N2O4S. The third-order valence-electron chi connectivity index (χ3n) is 5.24. The largest absolute Gasteiger partial charge is 0.480 e. The molecule has 156 valence electrons. The summed E-state index contributed by atoms with van der Waals surface area (Å²) in [6.45, 7) is 6.44. The number of ether oxygens (including phenoxy) is 1. The van der Waals surface area contributed by atoms with Gasteiger partial charge in [-0.2, -0.15) is 0 Å². The van der Waals surface area contributed by atoms with E-state index in [0.29, 0.717) is 25.1 Å². The number of benzene rings is 2. The average molecular weight is 417 g/mol. The Labute approximate surface area is 173 Å². The SMILES string of the molecule is CCC(Oc1ccc(C)cc1C)C(=O)N1CCc2cc(S(=O)(=O)N(C)C)ccc21. The van der Waals surface area contributed by atoms with Crippen molar-refractivity contribution < 1.29 is 17.9 Å². The predicted octanol–water partition coefficient (Wildman–Crippen LogP) is 3.30. The first-order chi connectivity index (χ1) is 13.6. The van der Waals surface area contributed by atoms with Crippen LogP contribution < -0.4 is 9.64 Å². The van der Waals surface area contributed by atoms with Crippen LogP contribution in [0.25, 0.3) is 0 Å². The van der Waals surface area contributed by atoms with E-state index in [1.165, 1.54) is 18.4 Å². The van der Waals surface area contributed by atoms with E-state index in [9.17, 15) is 13.2 Å². The van der Waals surface area contributed by atoms with Crippen LogP contribution in [-0.4, -0.2) is 45.4 Å². The Hall–Kier alpha value is -2.38. The van der Waals surface area contributed by atoms with Crippen molar-refractivity contribution in [2.45, 2.75) is 44.6 Å². The molecule has 0 aromatic heterocycles. The Balaban J connectivity index is 1.84. The summed E-state index contributed by atoms with van der Waals surface area (Å²) in [7, 11) is -0.484. The number of nitrogens with zero attached hydrogens (tertiary/aromatic N) is 2. The lowest BCUT2D eigenvalue weighted by molar-refractivity contribution is -0.125. The highest BCUT2D eigenvalue weighted by Crippen LogP contribution is 2.32. The van der Waals surface area contributed by atoms with Gasteiger partial charge in [-0.25, -0.2) is 12.7 Å². The van der Waals surface area contributed by atoms with Gasteiger partial charge in [-0.05, 0) is 62.1 Å². The van der Waals surface area contributed by atoms with Gasteiger partial charge in [0.25, 0.3) is 5.91 Å². The zero-order valence-electron chi connectivity index (χ0n) is 17.6. The van der Waals surface area contributed by atoms with E-state index in [1.54, 1.807) is 23.1 Å². The second kappa shape index (κ2) is 8.16. The summed E-state index contributed by atoms with van der Waals surface area (Å²) in [5.41, 5.74) is 3.76. The lowest BCUT2D eigenvalue weighted by Crippen LogP contribution is -2.41. The molecule has 1 heterocycles. The molecule has 29 heavy (non-hydrogen) atoms. The molecule has 1 atom stereocenters. The average Bonchev–Trinajstić information content (AvgIpc) is 3.10. The van der Waals surface area contributed by atoms with E-state index in [4.69, 9.17) is 4.74 Å². The maximum atomic E-state index is 13.2. The molecule has 7 heteroatoms. The number of fused-ring (bicyclic) bond motifs is 1. The molecule has 0 saturated heterocycles. The zero-order valence-corrected chi connectivity index (χ0v) is 18.4. The standard InChI is InChI=1S/C22H28N2O4S/c1-6-20(28-21-10-7-15(2)13-16(21)3)22(25)24-12-11-17-14-18(8-9-19(17)24)29(26,27)23(4)5/h7-10,13-14,20H,6,11-12H2,1-5H3. The third kappa shape index (κ3) is 4.16. The number of sulfonamides is 1. The lowest BCUT2D eigenvalue weighted by Gasteiger charge is -2.25. The fraction of sp³-hybridized carbons (Fsp3) is 0.409. The van der Waals surface area contributed by atoms with Crippen molar-refractivity contribution in [3.8, 4) is 5.75 Å². The second-order valence-electron chi connectivity index (χ2n) is 7.60. The minimum atomic E-state index is -3.50. The van der Waals surface area contributed by atoms with E-state index >= 15 is 0 Å². The molecule has 1 aliphatic heterocycles. The molecule has 0 spiro atoms. The molecule has 3 rings (SSSR count). The molecule has 0 N–H and O–H groups in total. The van der Waals surface area contributed by atoms with Crippen LogP contribution in [0, 0.1) is 13.8 Å². The monoisotopic (exact) mass is 416 g/mol. The highest BCUT2D eigenvalue weighted by Gasteiger charge is 2.32. The number of carbonyl (C=O) groups excluding carboxylic acids is 1. The van der Waals surface area contributed by atoms with E-state index in [1.807, 2.05) is 39.0 Å². The van der Waals surface area contributed by atoms with Gasteiger partial charge < -0.3 is 9.64 Å². The van der Waals surface area contributed by atoms with Crippen molar-refractivity contribution in [1.29, 1.82) is 0 Å². The molecule has 1 unspecified atom stereocenters. The summed E-state index contributed by atoms with van der Waals surface area (Å²) in [5, 5.41) is 0. The first-order valence-electron chi connectivity index (χ1n) is 9.76. The van der Waals surface area contributed by atoms with Gasteiger partial charge in [0.2, 0.25) is 10.0 Å². The Morgan fingerprint density at radius 1 is 1.17 bits per heavy atom. The number of anilines is 1. The van der Waals surface area contributed by atoms with Crippen LogP contribution in [0.3, 0.4) is 0 Å². The summed E-state index contributed by atoms with van der Waals surface area (Å²) in [6.07, 6.45) is 0.579. The van der Waals surface area contributed by atoms with Crippen LogP contribution in [0.1, 0.15) is 30.0 Å². The van der Waals surface area contributed by atoms with Gasteiger partial charge in [-0.15, -0.1) is 0 Å². The second-order valence-corrected chi connectivity index (χ2v) is 9.75. The Morgan fingerprint density at radius 2 is 1.90 bits per heavy atom. The molecule has 1 amide bonds. The van der Waals surface area contributed by atoms with E-state index in [2.05, 4.69) is 0 Å². The van der Waals surface area contributed by atoms with Crippen LogP contribution in [0.5, 0.6) is 5.75 Å². The predicted molar refractivity (Wildman–Crippen MR) is 114 cm³/mol. The van der Waals surface area contributed by atoms with E-state index in [-0.39, 0.29) is 10.8 Å². The first-order valence-corrected chi connectivity index (χ1v) is 11.2. The fourth-order valence-corrected chi connectivity index (χ4v) is 4.50. The topological polar surface area (TPSA) is 66.9 Å². The fourth-order valence-electron chi connectivity index (χ4n) is 3.55. The quantitative estimate of drug-likeness (QED) is 0.725. The zero-order chi connectivity index (χ0) is 21.3. The Bertz CT molecular complexity index is 1030. The van der Waals surface area contributed by atoms with Crippen LogP contribution in [0.4, 0.5) is 5.69 Å². The van der Waals surface area contributed by atoms with Crippen LogP contribution in [0.15, 0.2) is 41.3 Å². The summed E-state index contributed by atoms with van der Waals surface area (Å²) < 4.78 is 32.0. The van der Waals surface area contributed by atoms with Gasteiger partial charge in [-0.1, -0.05) is 24.6 Å². The smallest absolute Gasteiger partial charge is 0.268 e. The number of amides is 1. The third-order valence-corrected chi connectivity index (χ3v) is 7.05. The molecule has 0 aliphatic carbocycles. The highest BCUT2D eigenvalue weighted by atomic mass is 32.2. The minimum absolute atomic E-state index is 0.102. The van der Waals surface area contributed by atoms with Gasteiger partial charge in [0.1, 0.15) is 5.75 Å². The number of hydrogen-bond donors (Lipinski definition) is 0. The van der Waals surface area contributed by atoms with Crippen LogP contribution in [-0.2, 0) is 21.2 Å². The summed E-state index contributed by atoms with van der Waals surface area (Å²) >= 11 is 0. The van der Waals surface area contributed by atoms with Gasteiger partial charge in [0.05, 0.1) is 4.90 Å². The van der Waals surface area contributed by atoms with Gasteiger partial charge in [0.15, 0.2) is 6.10 Å². The molecule has 0 radical (unpaired) electrons. The lowest BCUT2D eigenvalue weighted by atomic mass is 10.1. The highest BCUT2D eigenvalue weighted by molar-refractivity contribution is 7.89. The number of aryl methyl sites for hydroxylation is 2. The van der Waals surface area contributed by atoms with Crippen molar-refractivity contribution in [3.05, 3.63) is 53.1 Å². The molecule has 0 saturated carbocycles. The maximum Gasteiger partial charge on any atom is 0.268 e. The minimum Gasteiger partial charge on any atom is -0.480 e. The molecule has 2 aromatic carbocycles. The molecular weight excluding hydrogens is 388 g/mol. The van der Waals surface area contributed by atoms with E-state index in [0.717, 1.165) is 22.4 Å².